The van der Waals surface area contributed by atoms with E-state index in [9.17, 15) is 9.59 Å². The molecule has 0 saturated carbocycles. The van der Waals surface area contributed by atoms with E-state index in [4.69, 9.17) is 14.3 Å². The predicted octanol–water partition coefficient (Wildman–Crippen LogP) is 3.37. The average Bonchev–Trinajstić information content (AvgIpc) is 2.93. The minimum atomic E-state index is -1.02. The van der Waals surface area contributed by atoms with Crippen molar-refractivity contribution in [2.24, 2.45) is 0 Å². The molecule has 1 aliphatic rings. The molecule has 2 unspecified atom stereocenters. The summed E-state index contributed by atoms with van der Waals surface area (Å²) in [7, 11) is 1.64. The standard InChI is InChI=1S/C20H23NO5/c1-11-10-26-17(9-18(22)23)19(11)20(24)21-12(2)7-14-8-15(25-4)5-6-16(14)13(21)3/h5-6,8,10,12-13H,7,9H2,1-4H3,(H,22,23). The van der Waals surface area contributed by atoms with Gasteiger partial charge in [-0.05, 0) is 50.5 Å². The number of fused-ring (bicyclic) bond motifs is 1. The van der Waals surface area contributed by atoms with Crippen LogP contribution in [0.1, 0.15) is 52.7 Å². The summed E-state index contributed by atoms with van der Waals surface area (Å²) in [6, 6.07) is 5.75. The summed E-state index contributed by atoms with van der Waals surface area (Å²) in [5.74, 6) is -0.197. The number of aliphatic carboxylic acids is 1. The fourth-order valence-corrected chi connectivity index (χ4v) is 3.80. The molecular weight excluding hydrogens is 334 g/mol. The fraction of sp³-hybridized carbons (Fsp3) is 0.400. The lowest BCUT2D eigenvalue weighted by Gasteiger charge is -2.40. The molecule has 1 aromatic carbocycles. The molecule has 6 nitrogen and oxygen atoms in total. The van der Waals surface area contributed by atoms with Gasteiger partial charge in [0.25, 0.3) is 5.91 Å². The number of nitrogens with zero attached hydrogens (tertiary/aromatic N) is 1. The van der Waals surface area contributed by atoms with Gasteiger partial charge in [-0.2, -0.15) is 0 Å². The lowest BCUT2D eigenvalue weighted by atomic mass is 9.88. The molecule has 1 aliphatic heterocycles. The van der Waals surface area contributed by atoms with Crippen LogP contribution in [0.5, 0.6) is 5.75 Å². The molecule has 1 aromatic heterocycles. The van der Waals surface area contributed by atoms with E-state index in [0.717, 1.165) is 11.3 Å². The van der Waals surface area contributed by atoms with Crippen molar-refractivity contribution < 1.29 is 23.8 Å². The maximum atomic E-state index is 13.3. The Labute approximate surface area is 152 Å². The van der Waals surface area contributed by atoms with Crippen LogP contribution in [-0.4, -0.2) is 35.0 Å². The summed E-state index contributed by atoms with van der Waals surface area (Å²) in [5.41, 5.74) is 3.27. The first-order chi connectivity index (χ1) is 12.3. The third-order valence-corrected chi connectivity index (χ3v) is 5.02. The van der Waals surface area contributed by atoms with E-state index >= 15 is 0 Å². The Hall–Kier alpha value is -2.76. The van der Waals surface area contributed by atoms with Gasteiger partial charge in [-0.3, -0.25) is 9.59 Å². The van der Waals surface area contributed by atoms with Crippen molar-refractivity contribution in [3.05, 3.63) is 52.5 Å². The summed E-state index contributed by atoms with van der Waals surface area (Å²) in [4.78, 5) is 26.2. The first-order valence-electron chi connectivity index (χ1n) is 8.61. The van der Waals surface area contributed by atoms with Crippen LogP contribution in [0.3, 0.4) is 0 Å². The molecule has 6 heteroatoms. The van der Waals surface area contributed by atoms with Crippen LogP contribution >= 0.6 is 0 Å². The molecule has 3 rings (SSSR count). The Morgan fingerprint density at radius 2 is 2.08 bits per heavy atom. The number of aryl methyl sites for hydroxylation is 1. The molecule has 1 N–H and O–H groups in total. The highest BCUT2D eigenvalue weighted by Gasteiger charge is 2.35. The number of carboxylic acids is 1. The largest absolute Gasteiger partial charge is 0.497 e. The molecule has 2 heterocycles. The van der Waals surface area contributed by atoms with E-state index in [0.29, 0.717) is 17.5 Å². The molecule has 0 spiro atoms. The molecule has 2 atom stereocenters. The molecule has 0 bridgehead atoms. The number of carbonyl (C=O) groups is 2. The van der Waals surface area contributed by atoms with Crippen molar-refractivity contribution in [3.63, 3.8) is 0 Å². The number of carboxylic acid groups (broad SMARTS) is 1. The maximum Gasteiger partial charge on any atom is 0.311 e. The van der Waals surface area contributed by atoms with Gasteiger partial charge in [0.1, 0.15) is 17.9 Å². The van der Waals surface area contributed by atoms with Crippen LogP contribution < -0.4 is 4.74 Å². The first kappa shape index (κ1) is 18.0. The second-order valence-electron chi connectivity index (χ2n) is 6.79. The third kappa shape index (κ3) is 3.07. The number of benzene rings is 1. The monoisotopic (exact) mass is 357 g/mol. The Morgan fingerprint density at radius 3 is 2.73 bits per heavy atom. The van der Waals surface area contributed by atoms with Crippen molar-refractivity contribution in [1.29, 1.82) is 0 Å². The summed E-state index contributed by atoms with van der Waals surface area (Å²) in [6.07, 6.45) is 1.86. The molecule has 1 amide bonds. The van der Waals surface area contributed by atoms with Crippen LogP contribution in [0.25, 0.3) is 0 Å². The van der Waals surface area contributed by atoms with E-state index in [1.54, 1.807) is 14.0 Å². The molecule has 0 radical (unpaired) electrons. The van der Waals surface area contributed by atoms with E-state index in [-0.39, 0.29) is 30.2 Å². The zero-order chi connectivity index (χ0) is 19.0. The Morgan fingerprint density at radius 1 is 1.35 bits per heavy atom. The van der Waals surface area contributed by atoms with Gasteiger partial charge < -0.3 is 19.2 Å². The number of carbonyl (C=O) groups excluding carboxylic acids is 1. The van der Waals surface area contributed by atoms with Crippen LogP contribution in [-0.2, 0) is 17.6 Å². The van der Waals surface area contributed by atoms with Crippen molar-refractivity contribution in [2.45, 2.75) is 45.7 Å². The minimum Gasteiger partial charge on any atom is -0.497 e. The fourth-order valence-electron chi connectivity index (χ4n) is 3.80. The molecular formula is C20H23NO5. The Bertz CT molecular complexity index is 854. The zero-order valence-electron chi connectivity index (χ0n) is 15.4. The van der Waals surface area contributed by atoms with Crippen molar-refractivity contribution >= 4 is 11.9 Å². The number of hydrogen-bond acceptors (Lipinski definition) is 4. The smallest absolute Gasteiger partial charge is 0.311 e. The van der Waals surface area contributed by atoms with E-state index in [1.165, 1.54) is 11.8 Å². The summed E-state index contributed by atoms with van der Waals surface area (Å²) < 4.78 is 10.6. The minimum absolute atomic E-state index is 0.0240. The second-order valence-corrected chi connectivity index (χ2v) is 6.79. The normalized spacial score (nSPS) is 19.2. The van der Waals surface area contributed by atoms with Crippen LogP contribution in [0.2, 0.25) is 0 Å². The van der Waals surface area contributed by atoms with Crippen LogP contribution in [0, 0.1) is 6.92 Å². The summed E-state index contributed by atoms with van der Waals surface area (Å²) in [5, 5.41) is 9.08. The van der Waals surface area contributed by atoms with Gasteiger partial charge in [0.2, 0.25) is 0 Å². The number of furan rings is 1. The highest BCUT2D eigenvalue weighted by Crippen LogP contribution is 2.36. The molecule has 138 valence electrons. The number of methoxy groups -OCH3 is 1. The molecule has 26 heavy (non-hydrogen) atoms. The second kappa shape index (κ2) is 6.86. The Kier molecular flexibility index (Phi) is 4.76. The summed E-state index contributed by atoms with van der Waals surface area (Å²) in [6.45, 7) is 5.76. The average molecular weight is 357 g/mol. The van der Waals surface area contributed by atoms with Crippen LogP contribution in [0.15, 0.2) is 28.9 Å². The maximum absolute atomic E-state index is 13.3. The summed E-state index contributed by atoms with van der Waals surface area (Å²) >= 11 is 0. The van der Waals surface area contributed by atoms with Gasteiger partial charge in [-0.25, -0.2) is 0 Å². The zero-order valence-corrected chi connectivity index (χ0v) is 15.4. The van der Waals surface area contributed by atoms with E-state index in [1.807, 2.05) is 36.9 Å². The highest BCUT2D eigenvalue weighted by molar-refractivity contribution is 5.98. The lowest BCUT2D eigenvalue weighted by Crippen LogP contribution is -2.45. The van der Waals surface area contributed by atoms with Gasteiger partial charge in [-0.15, -0.1) is 0 Å². The highest BCUT2D eigenvalue weighted by atomic mass is 16.5. The van der Waals surface area contributed by atoms with E-state index < -0.39 is 5.97 Å². The van der Waals surface area contributed by atoms with Gasteiger partial charge in [0, 0.05) is 11.6 Å². The third-order valence-electron chi connectivity index (χ3n) is 5.02. The van der Waals surface area contributed by atoms with Crippen molar-refractivity contribution in [1.82, 2.24) is 4.90 Å². The predicted molar refractivity (Wildman–Crippen MR) is 95.5 cm³/mol. The number of rotatable bonds is 4. The Balaban J connectivity index is 1.98. The molecule has 0 saturated heterocycles. The quantitative estimate of drug-likeness (QED) is 0.907. The number of ether oxygens (including phenoxy) is 1. The van der Waals surface area contributed by atoms with Gasteiger partial charge >= 0.3 is 5.97 Å². The lowest BCUT2D eigenvalue weighted by molar-refractivity contribution is -0.136. The van der Waals surface area contributed by atoms with E-state index in [2.05, 4.69) is 0 Å². The number of amides is 1. The van der Waals surface area contributed by atoms with Crippen molar-refractivity contribution in [3.8, 4) is 5.75 Å². The van der Waals surface area contributed by atoms with Gasteiger partial charge in [0.15, 0.2) is 0 Å². The van der Waals surface area contributed by atoms with Gasteiger partial charge in [-0.1, -0.05) is 6.07 Å². The number of hydrogen-bond donors (Lipinski definition) is 1. The van der Waals surface area contributed by atoms with Crippen molar-refractivity contribution in [2.75, 3.05) is 7.11 Å². The first-order valence-corrected chi connectivity index (χ1v) is 8.61. The topological polar surface area (TPSA) is 80.0 Å². The SMILES string of the molecule is COc1ccc2c(c1)CC(C)N(C(=O)c1c(C)coc1CC(=O)O)C2C. The molecule has 2 aromatic rings. The molecule has 0 fully saturated rings. The molecule has 0 aliphatic carbocycles. The van der Waals surface area contributed by atoms with Crippen LogP contribution in [0.4, 0.5) is 0 Å². The van der Waals surface area contributed by atoms with Gasteiger partial charge in [0.05, 0.1) is 25.0 Å².